The van der Waals surface area contributed by atoms with Crippen LogP contribution in [0.1, 0.15) is 38.2 Å². The van der Waals surface area contributed by atoms with Gasteiger partial charge in [0, 0.05) is 13.0 Å². The number of hydrogen-bond acceptors (Lipinski definition) is 5. The van der Waals surface area contributed by atoms with E-state index in [9.17, 15) is 24.3 Å². The monoisotopic (exact) mass is 430 g/mol. The van der Waals surface area contributed by atoms with Crippen molar-refractivity contribution < 1.29 is 24.3 Å². The molecule has 3 rings (SSSR count). The van der Waals surface area contributed by atoms with E-state index in [0.717, 1.165) is 18.5 Å². The number of nitrogens with zero attached hydrogens (tertiary/aromatic N) is 1. The van der Waals surface area contributed by atoms with E-state index < -0.39 is 29.4 Å². The average molecular weight is 431 g/mol. The van der Waals surface area contributed by atoms with Gasteiger partial charge < -0.3 is 26.0 Å². The van der Waals surface area contributed by atoms with E-state index in [4.69, 9.17) is 0 Å². The van der Waals surface area contributed by atoms with Crippen LogP contribution in [0.15, 0.2) is 30.3 Å². The van der Waals surface area contributed by atoms with Gasteiger partial charge in [-0.15, -0.1) is 0 Å². The molecule has 3 amide bonds. The minimum atomic E-state index is -1.26. The molecule has 0 radical (unpaired) electrons. The Bertz CT molecular complexity index is 824. The van der Waals surface area contributed by atoms with Gasteiger partial charge in [0.05, 0.1) is 12.6 Å². The summed E-state index contributed by atoms with van der Waals surface area (Å²) in [6, 6.07) is 8.14. The van der Waals surface area contributed by atoms with E-state index in [1.165, 1.54) is 4.90 Å². The van der Waals surface area contributed by atoms with Gasteiger partial charge in [-0.1, -0.05) is 30.3 Å². The molecule has 0 spiro atoms. The van der Waals surface area contributed by atoms with Gasteiger partial charge in [-0.25, -0.2) is 4.79 Å². The Morgan fingerprint density at radius 2 is 1.90 bits per heavy atom. The summed E-state index contributed by atoms with van der Waals surface area (Å²) >= 11 is 0. The van der Waals surface area contributed by atoms with Gasteiger partial charge in [0.15, 0.2) is 0 Å². The molecular weight excluding hydrogens is 400 g/mol. The molecule has 0 aliphatic carbocycles. The molecule has 2 aliphatic rings. The zero-order valence-electron chi connectivity index (χ0n) is 17.7. The third kappa shape index (κ3) is 5.61. The van der Waals surface area contributed by atoms with Gasteiger partial charge in [-0.2, -0.15) is 0 Å². The molecule has 4 N–H and O–H groups in total. The van der Waals surface area contributed by atoms with Crippen molar-refractivity contribution in [1.29, 1.82) is 0 Å². The molecule has 0 saturated carbocycles. The lowest BCUT2D eigenvalue weighted by molar-refractivity contribution is -0.148. The summed E-state index contributed by atoms with van der Waals surface area (Å²) in [5.41, 5.74) is -0.392. The number of carbonyl (C=O) groups is 4. The van der Waals surface area contributed by atoms with Gasteiger partial charge in [-0.3, -0.25) is 14.4 Å². The number of amides is 3. The lowest BCUT2D eigenvalue weighted by atomic mass is 9.91. The van der Waals surface area contributed by atoms with Gasteiger partial charge in [-0.05, 0) is 44.7 Å². The SMILES string of the molecule is C[C@@](Cc1ccccc1)(NC(=O)[C@@H]1CCCN1)C(=O)NCC(=O)N1CCC[C@H]1C(=O)O. The first-order valence-electron chi connectivity index (χ1n) is 10.7. The third-order valence-electron chi connectivity index (χ3n) is 5.94. The highest BCUT2D eigenvalue weighted by Gasteiger charge is 2.39. The zero-order valence-corrected chi connectivity index (χ0v) is 17.7. The van der Waals surface area contributed by atoms with Crippen LogP contribution < -0.4 is 16.0 Å². The molecule has 9 heteroatoms. The molecule has 2 heterocycles. The van der Waals surface area contributed by atoms with E-state index in [0.29, 0.717) is 25.8 Å². The first-order chi connectivity index (χ1) is 14.8. The number of likely N-dealkylation sites (tertiary alicyclic amines) is 1. The maximum Gasteiger partial charge on any atom is 0.326 e. The Labute approximate surface area is 181 Å². The van der Waals surface area contributed by atoms with Crippen LogP contribution in [0.3, 0.4) is 0 Å². The molecule has 3 atom stereocenters. The van der Waals surface area contributed by atoms with E-state index in [-0.39, 0.29) is 24.9 Å². The average Bonchev–Trinajstić information content (AvgIpc) is 3.44. The lowest BCUT2D eigenvalue weighted by Crippen LogP contribution is -2.61. The molecule has 1 aromatic carbocycles. The molecule has 0 bridgehead atoms. The summed E-state index contributed by atoms with van der Waals surface area (Å²) in [6.07, 6.45) is 2.89. The van der Waals surface area contributed by atoms with Crippen molar-refractivity contribution in [2.24, 2.45) is 0 Å². The van der Waals surface area contributed by atoms with Crippen molar-refractivity contribution in [1.82, 2.24) is 20.9 Å². The molecule has 2 aliphatic heterocycles. The Morgan fingerprint density at radius 1 is 1.16 bits per heavy atom. The van der Waals surface area contributed by atoms with E-state index >= 15 is 0 Å². The standard InChI is InChI=1S/C22H30N4O5/c1-22(13-15-7-3-2-4-8-15,25-19(28)16-9-5-11-23-16)21(31)24-14-18(27)26-12-6-10-17(26)20(29)30/h2-4,7-8,16-17,23H,5-6,9-14H2,1H3,(H,24,31)(H,25,28)(H,29,30)/t16-,17-,22-/m0/s1. The molecule has 0 aromatic heterocycles. The maximum absolute atomic E-state index is 13.1. The second-order valence-electron chi connectivity index (χ2n) is 8.40. The molecular formula is C22H30N4O5. The predicted octanol–water partition coefficient (Wildman–Crippen LogP) is 0.0478. The Kier molecular flexibility index (Phi) is 7.27. The van der Waals surface area contributed by atoms with E-state index in [1.807, 2.05) is 30.3 Å². The van der Waals surface area contributed by atoms with Crippen molar-refractivity contribution in [2.45, 2.75) is 56.7 Å². The fourth-order valence-corrected chi connectivity index (χ4v) is 4.23. The number of rotatable bonds is 8. The van der Waals surface area contributed by atoms with Gasteiger partial charge in [0.2, 0.25) is 17.7 Å². The molecule has 31 heavy (non-hydrogen) atoms. The normalized spacial score (nSPS) is 22.5. The Balaban J connectivity index is 1.68. The van der Waals surface area contributed by atoms with Crippen molar-refractivity contribution in [2.75, 3.05) is 19.6 Å². The largest absolute Gasteiger partial charge is 0.480 e. The van der Waals surface area contributed by atoms with E-state index in [1.54, 1.807) is 6.92 Å². The van der Waals surface area contributed by atoms with Crippen molar-refractivity contribution >= 4 is 23.7 Å². The zero-order chi connectivity index (χ0) is 22.4. The van der Waals surface area contributed by atoms with Crippen molar-refractivity contribution in [3.05, 3.63) is 35.9 Å². The number of carbonyl (C=O) groups excluding carboxylic acids is 3. The second-order valence-corrected chi connectivity index (χ2v) is 8.40. The van der Waals surface area contributed by atoms with Gasteiger partial charge in [0.25, 0.3) is 0 Å². The summed E-state index contributed by atoms with van der Waals surface area (Å²) < 4.78 is 0. The summed E-state index contributed by atoms with van der Waals surface area (Å²) in [6.45, 7) is 2.44. The van der Waals surface area contributed by atoms with Crippen LogP contribution in [0.5, 0.6) is 0 Å². The van der Waals surface area contributed by atoms with Gasteiger partial charge in [0.1, 0.15) is 11.6 Å². The van der Waals surface area contributed by atoms with Gasteiger partial charge >= 0.3 is 5.97 Å². The van der Waals surface area contributed by atoms with Crippen molar-refractivity contribution in [3.8, 4) is 0 Å². The third-order valence-corrected chi connectivity index (χ3v) is 5.94. The summed E-state index contributed by atoms with van der Waals surface area (Å²) in [7, 11) is 0. The van der Waals surface area contributed by atoms with Crippen LogP contribution >= 0.6 is 0 Å². The van der Waals surface area contributed by atoms with Crippen LogP contribution in [-0.4, -0.2) is 71.0 Å². The number of carboxylic acid groups (broad SMARTS) is 1. The highest BCUT2D eigenvalue weighted by atomic mass is 16.4. The van der Waals surface area contributed by atoms with Crippen LogP contribution in [0, 0.1) is 0 Å². The summed E-state index contributed by atoms with van der Waals surface area (Å²) in [5.74, 6) is -2.21. The fourth-order valence-electron chi connectivity index (χ4n) is 4.23. The highest BCUT2D eigenvalue weighted by molar-refractivity contribution is 5.95. The van der Waals surface area contributed by atoms with Crippen LogP contribution in [0.4, 0.5) is 0 Å². The second kappa shape index (κ2) is 9.91. The number of carboxylic acids is 1. The first-order valence-corrected chi connectivity index (χ1v) is 10.7. The van der Waals surface area contributed by atoms with Crippen LogP contribution in [0.25, 0.3) is 0 Å². The topological polar surface area (TPSA) is 128 Å². The Morgan fingerprint density at radius 3 is 2.55 bits per heavy atom. The number of hydrogen-bond donors (Lipinski definition) is 4. The number of aliphatic carboxylic acids is 1. The summed E-state index contributed by atoms with van der Waals surface area (Å²) in [4.78, 5) is 51.0. The quantitative estimate of drug-likeness (QED) is 0.461. The summed E-state index contributed by atoms with van der Waals surface area (Å²) in [5, 5.41) is 17.9. The lowest BCUT2D eigenvalue weighted by Gasteiger charge is -2.31. The fraction of sp³-hybridized carbons (Fsp3) is 0.545. The molecule has 168 valence electrons. The van der Waals surface area contributed by atoms with Crippen LogP contribution in [-0.2, 0) is 25.6 Å². The smallest absolute Gasteiger partial charge is 0.326 e. The molecule has 9 nitrogen and oxygen atoms in total. The molecule has 2 saturated heterocycles. The Hall–Kier alpha value is -2.94. The molecule has 1 aromatic rings. The van der Waals surface area contributed by atoms with E-state index in [2.05, 4.69) is 16.0 Å². The molecule has 0 unspecified atom stereocenters. The number of nitrogens with one attached hydrogen (secondary N) is 3. The molecule has 2 fully saturated rings. The minimum Gasteiger partial charge on any atom is -0.480 e. The van der Waals surface area contributed by atoms with Crippen LogP contribution in [0.2, 0.25) is 0 Å². The first kappa shape index (κ1) is 22.7. The van der Waals surface area contributed by atoms with Crippen molar-refractivity contribution in [3.63, 3.8) is 0 Å². The highest BCUT2D eigenvalue weighted by Crippen LogP contribution is 2.18. The maximum atomic E-state index is 13.1. The minimum absolute atomic E-state index is 0.247. The predicted molar refractivity (Wildman–Crippen MR) is 113 cm³/mol. The number of benzene rings is 1.